The van der Waals surface area contributed by atoms with Gasteiger partial charge in [-0.1, -0.05) is 25.0 Å². The third-order valence-electron chi connectivity index (χ3n) is 3.18. The molecule has 0 radical (unpaired) electrons. The van der Waals surface area contributed by atoms with Gasteiger partial charge in [0.15, 0.2) is 0 Å². The standard InChI is InChI=1S/C12H15FN2O/c13-9-5-1-2-6-10(9)15-12(11(14)16)7-3-4-8-12/h1-2,5-6,15H,3-4,7-8H2,(H2,14,16). The van der Waals surface area contributed by atoms with Crippen LogP contribution in [-0.4, -0.2) is 11.4 Å². The first-order valence-electron chi connectivity index (χ1n) is 5.47. The smallest absolute Gasteiger partial charge is 0.243 e. The summed E-state index contributed by atoms with van der Waals surface area (Å²) in [7, 11) is 0. The van der Waals surface area contributed by atoms with Gasteiger partial charge in [0, 0.05) is 0 Å². The summed E-state index contributed by atoms with van der Waals surface area (Å²) in [4.78, 5) is 11.5. The Balaban J connectivity index is 2.25. The van der Waals surface area contributed by atoms with Crippen LogP contribution >= 0.6 is 0 Å². The molecule has 0 bridgehead atoms. The number of benzene rings is 1. The van der Waals surface area contributed by atoms with Crippen LogP contribution < -0.4 is 11.1 Å². The fourth-order valence-electron chi connectivity index (χ4n) is 2.23. The Hall–Kier alpha value is -1.58. The minimum atomic E-state index is -0.762. The van der Waals surface area contributed by atoms with Crippen molar-refractivity contribution in [2.45, 2.75) is 31.2 Å². The van der Waals surface area contributed by atoms with Crippen LogP contribution in [0, 0.1) is 5.82 Å². The molecule has 3 N–H and O–H groups in total. The molecule has 3 nitrogen and oxygen atoms in total. The normalized spacial score (nSPS) is 18.3. The zero-order valence-electron chi connectivity index (χ0n) is 9.00. The third kappa shape index (κ3) is 1.87. The van der Waals surface area contributed by atoms with Crippen LogP contribution in [0.2, 0.25) is 0 Å². The van der Waals surface area contributed by atoms with Crippen molar-refractivity contribution in [2.24, 2.45) is 5.73 Å². The number of amides is 1. The Bertz CT molecular complexity index is 400. The highest BCUT2D eigenvalue weighted by atomic mass is 19.1. The van der Waals surface area contributed by atoms with Crippen LogP contribution in [0.4, 0.5) is 10.1 Å². The van der Waals surface area contributed by atoms with Gasteiger partial charge < -0.3 is 11.1 Å². The molecule has 0 unspecified atom stereocenters. The minimum absolute atomic E-state index is 0.350. The van der Waals surface area contributed by atoms with Gasteiger partial charge >= 0.3 is 0 Å². The SMILES string of the molecule is NC(=O)C1(Nc2ccccc2F)CCCC1. The zero-order chi connectivity index (χ0) is 11.6. The fourth-order valence-corrected chi connectivity index (χ4v) is 2.23. The molecule has 2 rings (SSSR count). The van der Waals surface area contributed by atoms with E-state index < -0.39 is 11.4 Å². The first-order chi connectivity index (χ1) is 7.64. The molecule has 0 aromatic heterocycles. The number of anilines is 1. The van der Waals surface area contributed by atoms with Gasteiger partial charge in [0.25, 0.3) is 0 Å². The van der Waals surface area contributed by atoms with E-state index in [0.717, 1.165) is 12.8 Å². The van der Waals surface area contributed by atoms with Gasteiger partial charge in [0.1, 0.15) is 11.4 Å². The van der Waals surface area contributed by atoms with E-state index >= 15 is 0 Å². The van der Waals surface area contributed by atoms with Gasteiger partial charge in [-0.2, -0.15) is 0 Å². The maximum Gasteiger partial charge on any atom is 0.243 e. The monoisotopic (exact) mass is 222 g/mol. The minimum Gasteiger partial charge on any atom is -0.369 e. The van der Waals surface area contributed by atoms with Crippen molar-refractivity contribution >= 4 is 11.6 Å². The van der Waals surface area contributed by atoms with Gasteiger partial charge in [-0.15, -0.1) is 0 Å². The number of nitrogens with one attached hydrogen (secondary N) is 1. The highest BCUT2D eigenvalue weighted by Gasteiger charge is 2.39. The van der Waals surface area contributed by atoms with Crippen LogP contribution in [0.1, 0.15) is 25.7 Å². The summed E-state index contributed by atoms with van der Waals surface area (Å²) in [5.74, 6) is -0.747. The second kappa shape index (κ2) is 4.12. The van der Waals surface area contributed by atoms with Crippen LogP contribution in [0.25, 0.3) is 0 Å². The molecule has 1 amide bonds. The molecule has 16 heavy (non-hydrogen) atoms. The Morgan fingerprint density at radius 3 is 2.50 bits per heavy atom. The number of rotatable bonds is 3. The van der Waals surface area contributed by atoms with Crippen LogP contribution in [0.3, 0.4) is 0 Å². The number of hydrogen-bond acceptors (Lipinski definition) is 2. The summed E-state index contributed by atoms with van der Waals surface area (Å²) >= 11 is 0. The summed E-state index contributed by atoms with van der Waals surface area (Å²) in [6, 6.07) is 6.34. The number of primary amides is 1. The van der Waals surface area contributed by atoms with E-state index in [-0.39, 0.29) is 5.82 Å². The van der Waals surface area contributed by atoms with Crippen molar-refractivity contribution in [1.82, 2.24) is 0 Å². The van der Waals surface area contributed by atoms with Gasteiger partial charge in [0.2, 0.25) is 5.91 Å². The largest absolute Gasteiger partial charge is 0.369 e. The predicted octanol–water partition coefficient (Wildman–Crippen LogP) is 2.04. The Kier molecular flexibility index (Phi) is 2.81. The van der Waals surface area contributed by atoms with Crippen molar-refractivity contribution in [1.29, 1.82) is 0 Å². The van der Waals surface area contributed by atoms with Gasteiger partial charge in [0.05, 0.1) is 5.69 Å². The van der Waals surface area contributed by atoms with Crippen LogP contribution in [0.5, 0.6) is 0 Å². The van der Waals surface area contributed by atoms with Gasteiger partial charge in [-0.3, -0.25) is 4.79 Å². The second-order valence-corrected chi connectivity index (χ2v) is 4.26. The van der Waals surface area contributed by atoms with Crippen molar-refractivity contribution in [2.75, 3.05) is 5.32 Å². The quantitative estimate of drug-likeness (QED) is 0.822. The fraction of sp³-hybridized carbons (Fsp3) is 0.417. The van der Waals surface area contributed by atoms with Gasteiger partial charge in [-0.25, -0.2) is 4.39 Å². The third-order valence-corrected chi connectivity index (χ3v) is 3.18. The summed E-state index contributed by atoms with van der Waals surface area (Å²) in [6.45, 7) is 0. The molecular formula is C12H15FN2O. The van der Waals surface area contributed by atoms with E-state index in [4.69, 9.17) is 5.73 Å². The first-order valence-corrected chi connectivity index (χ1v) is 5.47. The number of hydrogen-bond donors (Lipinski definition) is 2. The van der Waals surface area contributed by atoms with Crippen molar-refractivity contribution in [3.8, 4) is 0 Å². The number of carbonyl (C=O) groups excluding carboxylic acids is 1. The molecule has 1 aromatic rings. The lowest BCUT2D eigenvalue weighted by Gasteiger charge is -2.28. The van der Waals surface area contributed by atoms with Crippen molar-refractivity contribution in [3.05, 3.63) is 30.1 Å². The Labute approximate surface area is 93.8 Å². The Morgan fingerprint density at radius 2 is 1.94 bits per heavy atom. The number of para-hydroxylation sites is 1. The van der Waals surface area contributed by atoms with Gasteiger partial charge in [-0.05, 0) is 25.0 Å². The molecule has 0 aliphatic heterocycles. The molecule has 0 atom stereocenters. The summed E-state index contributed by atoms with van der Waals surface area (Å²) < 4.78 is 13.5. The molecule has 86 valence electrons. The molecular weight excluding hydrogens is 207 g/mol. The Morgan fingerprint density at radius 1 is 1.31 bits per heavy atom. The first kappa shape index (κ1) is 10.9. The van der Waals surface area contributed by atoms with E-state index in [1.54, 1.807) is 18.2 Å². The van der Waals surface area contributed by atoms with E-state index in [9.17, 15) is 9.18 Å². The van der Waals surface area contributed by atoms with Crippen molar-refractivity contribution in [3.63, 3.8) is 0 Å². The molecule has 1 fully saturated rings. The average Bonchev–Trinajstić information content (AvgIpc) is 2.71. The van der Waals surface area contributed by atoms with Crippen LogP contribution in [-0.2, 0) is 4.79 Å². The lowest BCUT2D eigenvalue weighted by molar-refractivity contribution is -0.122. The maximum atomic E-state index is 13.5. The summed E-state index contributed by atoms with van der Waals surface area (Å²) in [5, 5.41) is 2.97. The topological polar surface area (TPSA) is 55.1 Å². The zero-order valence-corrected chi connectivity index (χ0v) is 9.00. The summed E-state index contributed by atoms with van der Waals surface area (Å²) in [6.07, 6.45) is 3.25. The highest BCUT2D eigenvalue weighted by molar-refractivity contribution is 5.88. The van der Waals surface area contributed by atoms with E-state index in [1.807, 2.05) is 0 Å². The van der Waals surface area contributed by atoms with Crippen molar-refractivity contribution < 1.29 is 9.18 Å². The van der Waals surface area contributed by atoms with E-state index in [1.165, 1.54) is 6.07 Å². The lowest BCUT2D eigenvalue weighted by Crippen LogP contribution is -2.48. The number of nitrogens with two attached hydrogens (primary N) is 1. The lowest BCUT2D eigenvalue weighted by atomic mass is 9.96. The number of carbonyl (C=O) groups is 1. The van der Waals surface area contributed by atoms with E-state index in [0.29, 0.717) is 18.5 Å². The second-order valence-electron chi connectivity index (χ2n) is 4.26. The molecule has 4 heteroatoms. The van der Waals surface area contributed by atoms with Crippen LogP contribution in [0.15, 0.2) is 24.3 Å². The summed E-state index contributed by atoms with van der Waals surface area (Å²) in [5.41, 5.74) is 5.00. The predicted molar refractivity (Wildman–Crippen MR) is 60.4 cm³/mol. The highest BCUT2D eigenvalue weighted by Crippen LogP contribution is 2.33. The molecule has 0 spiro atoms. The van der Waals surface area contributed by atoms with E-state index in [2.05, 4.69) is 5.32 Å². The molecule has 0 heterocycles. The molecule has 1 aromatic carbocycles. The number of halogens is 1. The maximum absolute atomic E-state index is 13.5. The molecule has 0 saturated heterocycles. The molecule has 1 aliphatic carbocycles. The molecule has 1 saturated carbocycles. The molecule has 1 aliphatic rings. The average molecular weight is 222 g/mol.